The van der Waals surface area contributed by atoms with Crippen LogP contribution >= 0.6 is 15.9 Å². The summed E-state index contributed by atoms with van der Waals surface area (Å²) in [6.07, 6.45) is 0.805. The van der Waals surface area contributed by atoms with Crippen molar-refractivity contribution in [3.63, 3.8) is 0 Å². The van der Waals surface area contributed by atoms with E-state index in [1.54, 1.807) is 18.2 Å². The van der Waals surface area contributed by atoms with Crippen molar-refractivity contribution >= 4 is 27.7 Å². The number of halogens is 1. The molecule has 0 bridgehead atoms. The lowest BCUT2D eigenvalue weighted by atomic mass is 9.99. The van der Waals surface area contributed by atoms with Gasteiger partial charge in [-0.1, -0.05) is 15.9 Å². The summed E-state index contributed by atoms with van der Waals surface area (Å²) in [7, 11) is 0. The molecule has 3 rings (SSSR count). The van der Waals surface area contributed by atoms with Crippen molar-refractivity contribution in [2.24, 2.45) is 0 Å². The zero-order chi connectivity index (χ0) is 12.9. The highest BCUT2D eigenvalue weighted by Crippen LogP contribution is 2.33. The molecular formula is C13H13BrN2O2. The van der Waals surface area contributed by atoms with Crippen LogP contribution in [-0.2, 0) is 0 Å². The lowest BCUT2D eigenvalue weighted by Crippen LogP contribution is -2.51. The molecule has 0 saturated carbocycles. The molecule has 1 aromatic carbocycles. The van der Waals surface area contributed by atoms with Gasteiger partial charge in [-0.15, -0.1) is 0 Å². The maximum atomic E-state index is 12.4. The molecule has 1 saturated heterocycles. The van der Waals surface area contributed by atoms with Gasteiger partial charge in [-0.3, -0.25) is 14.5 Å². The molecule has 94 valence electrons. The third kappa shape index (κ3) is 1.54. The first kappa shape index (κ1) is 11.9. The van der Waals surface area contributed by atoms with E-state index in [-0.39, 0.29) is 11.8 Å². The number of amides is 2. The summed E-state index contributed by atoms with van der Waals surface area (Å²) >= 11 is 3.33. The molecule has 0 radical (unpaired) electrons. The summed E-state index contributed by atoms with van der Waals surface area (Å²) in [5.41, 5.74) is 0.610. The standard InChI is InChI=1S/C13H13BrN2O2/c1-13(4-5-15-7-13)16-11(17)9-3-2-8(14)6-10(9)12(16)18/h2-3,6,15H,4-5,7H2,1H3. The maximum absolute atomic E-state index is 12.4. The Hall–Kier alpha value is -1.20. The molecule has 1 N–H and O–H groups in total. The number of imide groups is 1. The molecule has 2 amide bonds. The van der Waals surface area contributed by atoms with Gasteiger partial charge in [-0.05, 0) is 38.1 Å². The first-order valence-electron chi connectivity index (χ1n) is 5.92. The van der Waals surface area contributed by atoms with Crippen LogP contribution in [0.3, 0.4) is 0 Å². The average molecular weight is 309 g/mol. The van der Waals surface area contributed by atoms with Crippen molar-refractivity contribution < 1.29 is 9.59 Å². The van der Waals surface area contributed by atoms with E-state index in [1.165, 1.54) is 4.90 Å². The predicted molar refractivity (Wildman–Crippen MR) is 70.5 cm³/mol. The molecule has 2 aliphatic rings. The van der Waals surface area contributed by atoms with Crippen LogP contribution in [0.25, 0.3) is 0 Å². The first-order chi connectivity index (χ1) is 8.53. The van der Waals surface area contributed by atoms with E-state index < -0.39 is 5.54 Å². The largest absolute Gasteiger partial charge is 0.314 e. The summed E-state index contributed by atoms with van der Waals surface area (Å²) in [6, 6.07) is 5.23. The molecular weight excluding hydrogens is 296 g/mol. The number of rotatable bonds is 1. The molecule has 1 unspecified atom stereocenters. The van der Waals surface area contributed by atoms with Crippen LogP contribution in [0.4, 0.5) is 0 Å². The molecule has 18 heavy (non-hydrogen) atoms. The van der Waals surface area contributed by atoms with Crippen molar-refractivity contribution in [3.8, 4) is 0 Å². The van der Waals surface area contributed by atoms with Gasteiger partial charge in [0.25, 0.3) is 11.8 Å². The lowest BCUT2D eigenvalue weighted by Gasteiger charge is -2.32. The minimum atomic E-state index is -0.403. The van der Waals surface area contributed by atoms with Crippen LogP contribution in [0.2, 0.25) is 0 Å². The first-order valence-corrected chi connectivity index (χ1v) is 6.71. The number of hydrogen-bond acceptors (Lipinski definition) is 3. The second-order valence-corrected chi connectivity index (χ2v) is 5.98. The van der Waals surface area contributed by atoms with Crippen molar-refractivity contribution in [3.05, 3.63) is 33.8 Å². The molecule has 0 spiro atoms. The van der Waals surface area contributed by atoms with E-state index in [2.05, 4.69) is 21.2 Å². The van der Waals surface area contributed by atoms with Crippen molar-refractivity contribution in [1.29, 1.82) is 0 Å². The fraction of sp³-hybridized carbons (Fsp3) is 0.385. The second kappa shape index (κ2) is 3.90. The summed E-state index contributed by atoms with van der Waals surface area (Å²) in [5, 5.41) is 3.21. The summed E-state index contributed by atoms with van der Waals surface area (Å²) in [4.78, 5) is 26.2. The molecule has 1 atom stereocenters. The van der Waals surface area contributed by atoms with Crippen LogP contribution in [0.1, 0.15) is 34.1 Å². The molecule has 1 aromatic rings. The van der Waals surface area contributed by atoms with Crippen molar-refractivity contribution in [2.45, 2.75) is 18.9 Å². The Bertz CT molecular complexity index is 550. The summed E-state index contributed by atoms with van der Waals surface area (Å²) in [5.74, 6) is -0.351. The number of benzene rings is 1. The van der Waals surface area contributed by atoms with Gasteiger partial charge in [0.15, 0.2) is 0 Å². The van der Waals surface area contributed by atoms with Gasteiger partial charge in [-0.2, -0.15) is 0 Å². The van der Waals surface area contributed by atoms with E-state index in [0.29, 0.717) is 17.7 Å². The Labute approximate surface area is 113 Å². The highest BCUT2D eigenvalue weighted by atomic mass is 79.9. The normalized spacial score (nSPS) is 26.9. The average Bonchev–Trinajstić information content (AvgIpc) is 2.85. The van der Waals surface area contributed by atoms with Gasteiger partial charge in [0.1, 0.15) is 0 Å². The zero-order valence-electron chi connectivity index (χ0n) is 10.00. The molecule has 5 heteroatoms. The minimum absolute atomic E-state index is 0.172. The van der Waals surface area contributed by atoms with Gasteiger partial charge in [0.05, 0.1) is 16.7 Å². The predicted octanol–water partition coefficient (Wildman–Crippen LogP) is 1.80. The van der Waals surface area contributed by atoms with Gasteiger partial charge < -0.3 is 5.32 Å². The topological polar surface area (TPSA) is 49.4 Å². The maximum Gasteiger partial charge on any atom is 0.262 e. The molecule has 0 aliphatic carbocycles. The van der Waals surface area contributed by atoms with Gasteiger partial charge >= 0.3 is 0 Å². The van der Waals surface area contributed by atoms with Gasteiger partial charge in [-0.25, -0.2) is 0 Å². The molecule has 0 aromatic heterocycles. The fourth-order valence-electron chi connectivity index (χ4n) is 2.70. The summed E-state index contributed by atoms with van der Waals surface area (Å²) < 4.78 is 0.818. The SMILES string of the molecule is CC1(N2C(=O)c3ccc(Br)cc3C2=O)CCNC1. The zero-order valence-corrected chi connectivity index (χ0v) is 11.6. The van der Waals surface area contributed by atoms with E-state index in [9.17, 15) is 9.59 Å². The van der Waals surface area contributed by atoms with Crippen LogP contribution in [0, 0.1) is 0 Å². The van der Waals surface area contributed by atoms with E-state index >= 15 is 0 Å². The minimum Gasteiger partial charge on any atom is -0.314 e. The fourth-order valence-corrected chi connectivity index (χ4v) is 3.06. The Morgan fingerprint density at radius 3 is 2.67 bits per heavy atom. The molecule has 2 heterocycles. The summed E-state index contributed by atoms with van der Waals surface area (Å²) in [6.45, 7) is 3.47. The van der Waals surface area contributed by atoms with Crippen LogP contribution in [-0.4, -0.2) is 35.3 Å². The number of hydrogen-bond donors (Lipinski definition) is 1. The van der Waals surface area contributed by atoms with E-state index in [4.69, 9.17) is 0 Å². The van der Waals surface area contributed by atoms with Gasteiger partial charge in [0, 0.05) is 11.0 Å². The highest BCUT2D eigenvalue weighted by Gasteiger charge is 2.47. The van der Waals surface area contributed by atoms with Gasteiger partial charge in [0.2, 0.25) is 0 Å². The highest BCUT2D eigenvalue weighted by molar-refractivity contribution is 9.10. The molecule has 1 fully saturated rings. The lowest BCUT2D eigenvalue weighted by molar-refractivity contribution is 0.0482. The Kier molecular flexibility index (Phi) is 2.57. The quantitative estimate of drug-likeness (QED) is 0.805. The Balaban J connectivity index is 2.07. The van der Waals surface area contributed by atoms with Crippen LogP contribution in [0.5, 0.6) is 0 Å². The number of fused-ring (bicyclic) bond motifs is 1. The molecule has 2 aliphatic heterocycles. The second-order valence-electron chi connectivity index (χ2n) is 5.06. The Morgan fingerprint density at radius 1 is 1.28 bits per heavy atom. The van der Waals surface area contributed by atoms with E-state index in [1.807, 2.05) is 6.92 Å². The number of nitrogens with zero attached hydrogens (tertiary/aromatic N) is 1. The third-order valence-electron chi connectivity index (χ3n) is 3.73. The van der Waals surface area contributed by atoms with Crippen LogP contribution < -0.4 is 5.32 Å². The number of carbonyl (C=O) groups is 2. The van der Waals surface area contributed by atoms with E-state index in [0.717, 1.165) is 17.4 Å². The van der Waals surface area contributed by atoms with Crippen molar-refractivity contribution in [1.82, 2.24) is 10.2 Å². The van der Waals surface area contributed by atoms with Crippen molar-refractivity contribution in [2.75, 3.05) is 13.1 Å². The smallest absolute Gasteiger partial charge is 0.262 e. The number of carbonyl (C=O) groups excluding carboxylic acids is 2. The van der Waals surface area contributed by atoms with Crippen LogP contribution in [0.15, 0.2) is 22.7 Å². The molecule has 4 nitrogen and oxygen atoms in total. The Morgan fingerprint density at radius 2 is 2.00 bits per heavy atom. The monoisotopic (exact) mass is 308 g/mol. The third-order valence-corrected chi connectivity index (χ3v) is 4.23. The number of nitrogens with one attached hydrogen (secondary N) is 1.